The molecule has 0 aromatic carbocycles. The predicted octanol–water partition coefficient (Wildman–Crippen LogP) is 0.843. The van der Waals surface area contributed by atoms with Crippen LogP contribution >= 0.6 is 0 Å². The summed E-state index contributed by atoms with van der Waals surface area (Å²) in [6, 6.07) is 0. The first-order chi connectivity index (χ1) is 13.7. The number of nitrogens with one attached hydrogen (secondary N) is 2. The number of likely N-dealkylation sites (tertiary alicyclic amines) is 1. The highest BCUT2D eigenvalue weighted by Gasteiger charge is 2.58. The number of guanidine groups is 1. The smallest absolute Gasteiger partial charge is 0.356 e. The third-order valence-corrected chi connectivity index (χ3v) is 5.87. The van der Waals surface area contributed by atoms with Crippen molar-refractivity contribution >= 4 is 17.8 Å². The first kappa shape index (κ1) is 21.6. The molecular weight excluding hydrogens is 387 g/mol. The number of aliphatic imine (C=N–C) groups is 1. The van der Waals surface area contributed by atoms with E-state index in [1.165, 1.54) is 16.8 Å². The zero-order valence-electron chi connectivity index (χ0n) is 16.7. The number of likely N-dealkylation sites (N-methyl/N-ethyl adjacent to an activating group) is 1. The second-order valence-electron chi connectivity index (χ2n) is 7.96. The summed E-state index contributed by atoms with van der Waals surface area (Å²) in [6.07, 6.45) is 1.43. The topological polar surface area (TPSA) is 77.0 Å². The molecule has 1 aliphatic heterocycles. The van der Waals surface area contributed by atoms with Crippen LogP contribution in [0.3, 0.4) is 0 Å². The molecule has 2 amide bonds. The van der Waals surface area contributed by atoms with Crippen LogP contribution in [0, 0.1) is 23.7 Å². The Bertz CT molecular complexity index is 664. The molecule has 4 atom stereocenters. The third-order valence-electron chi connectivity index (χ3n) is 5.87. The van der Waals surface area contributed by atoms with Crippen molar-refractivity contribution in [2.45, 2.75) is 19.0 Å². The van der Waals surface area contributed by atoms with Gasteiger partial charge in [-0.3, -0.25) is 24.4 Å². The molecule has 3 rings (SSSR count). The predicted molar refractivity (Wildman–Crippen MR) is 102 cm³/mol. The molecule has 10 heteroatoms. The van der Waals surface area contributed by atoms with E-state index in [0.29, 0.717) is 32.0 Å². The van der Waals surface area contributed by atoms with Crippen molar-refractivity contribution in [3.8, 4) is 0 Å². The van der Waals surface area contributed by atoms with Crippen molar-refractivity contribution in [1.29, 1.82) is 0 Å². The van der Waals surface area contributed by atoms with Gasteiger partial charge in [0.05, 0.1) is 18.4 Å². The number of nitrogens with zero attached hydrogens (tertiary/aromatic N) is 3. The Morgan fingerprint density at radius 1 is 1.17 bits per heavy atom. The molecule has 0 aromatic heterocycles. The summed E-state index contributed by atoms with van der Waals surface area (Å²) in [6.45, 7) is 0.431. The Balaban J connectivity index is 1.35. The van der Waals surface area contributed by atoms with Gasteiger partial charge in [-0.05, 0) is 31.7 Å². The Kier molecular flexibility index (Phi) is 6.50. The minimum Gasteiger partial charge on any atom is -0.356 e. The largest absolute Gasteiger partial charge is 0.401 e. The lowest BCUT2D eigenvalue weighted by Gasteiger charge is -2.20. The van der Waals surface area contributed by atoms with E-state index in [0.717, 1.165) is 6.42 Å². The maximum absolute atomic E-state index is 12.6. The Morgan fingerprint density at radius 3 is 2.31 bits per heavy atom. The van der Waals surface area contributed by atoms with Crippen molar-refractivity contribution in [2.24, 2.45) is 28.7 Å². The number of halogens is 3. The van der Waals surface area contributed by atoms with E-state index < -0.39 is 12.7 Å². The van der Waals surface area contributed by atoms with Gasteiger partial charge in [-0.2, -0.15) is 13.2 Å². The fraction of sp³-hybridized carbons (Fsp3) is 0.737. The minimum absolute atomic E-state index is 0.0490. The van der Waals surface area contributed by atoms with Gasteiger partial charge in [0.15, 0.2) is 5.96 Å². The first-order valence-electron chi connectivity index (χ1n) is 9.94. The zero-order valence-corrected chi connectivity index (χ0v) is 16.7. The maximum Gasteiger partial charge on any atom is 0.401 e. The van der Waals surface area contributed by atoms with Crippen LogP contribution in [-0.2, 0) is 9.59 Å². The van der Waals surface area contributed by atoms with E-state index in [4.69, 9.17) is 0 Å². The van der Waals surface area contributed by atoms with Crippen LogP contribution in [0.25, 0.3) is 0 Å². The van der Waals surface area contributed by atoms with E-state index in [-0.39, 0.29) is 42.0 Å². The van der Waals surface area contributed by atoms with Gasteiger partial charge in [0, 0.05) is 33.2 Å². The highest BCUT2D eigenvalue weighted by molar-refractivity contribution is 6.06. The van der Waals surface area contributed by atoms with E-state index in [1.54, 1.807) is 7.05 Å². The molecule has 162 valence electrons. The van der Waals surface area contributed by atoms with Crippen molar-refractivity contribution in [2.75, 3.05) is 46.8 Å². The van der Waals surface area contributed by atoms with Crippen molar-refractivity contribution < 1.29 is 22.8 Å². The molecule has 1 saturated heterocycles. The van der Waals surface area contributed by atoms with Crippen LogP contribution < -0.4 is 10.6 Å². The number of alkyl halides is 3. The van der Waals surface area contributed by atoms with E-state index in [1.807, 2.05) is 0 Å². The fourth-order valence-electron chi connectivity index (χ4n) is 4.60. The van der Waals surface area contributed by atoms with Crippen LogP contribution in [0.1, 0.15) is 12.8 Å². The summed E-state index contributed by atoms with van der Waals surface area (Å²) >= 11 is 0. The number of carbonyl (C=O) groups excluding carboxylic acids is 2. The molecule has 7 nitrogen and oxygen atoms in total. The van der Waals surface area contributed by atoms with Crippen molar-refractivity contribution in [3.63, 3.8) is 0 Å². The SMILES string of the molecule is CN=C(NCCCN1C(=O)C2C3C=CC(C3)C2C1=O)NCCN(C)CC(F)(F)F. The van der Waals surface area contributed by atoms with Crippen LogP contribution in [0.5, 0.6) is 0 Å². The quantitative estimate of drug-likeness (QED) is 0.202. The highest BCUT2D eigenvalue weighted by Crippen LogP contribution is 2.52. The van der Waals surface area contributed by atoms with Gasteiger partial charge in [-0.1, -0.05) is 12.2 Å². The lowest BCUT2D eigenvalue weighted by Crippen LogP contribution is -2.43. The Hall–Kier alpha value is -2.10. The van der Waals surface area contributed by atoms with Gasteiger partial charge in [0.1, 0.15) is 0 Å². The number of allylic oxidation sites excluding steroid dienone is 2. The molecule has 2 aliphatic carbocycles. The van der Waals surface area contributed by atoms with Gasteiger partial charge in [0.2, 0.25) is 11.8 Å². The number of carbonyl (C=O) groups is 2. The fourth-order valence-corrected chi connectivity index (χ4v) is 4.60. The van der Waals surface area contributed by atoms with Crippen LogP contribution in [-0.4, -0.2) is 80.6 Å². The lowest BCUT2D eigenvalue weighted by molar-refractivity contribution is -0.143. The van der Waals surface area contributed by atoms with Gasteiger partial charge < -0.3 is 10.6 Å². The van der Waals surface area contributed by atoms with E-state index >= 15 is 0 Å². The number of hydrogen-bond donors (Lipinski definition) is 2. The Morgan fingerprint density at radius 2 is 1.76 bits per heavy atom. The zero-order chi connectivity index (χ0) is 21.2. The molecule has 29 heavy (non-hydrogen) atoms. The molecule has 2 N–H and O–H groups in total. The van der Waals surface area contributed by atoms with Crippen molar-refractivity contribution in [3.05, 3.63) is 12.2 Å². The second-order valence-corrected chi connectivity index (χ2v) is 7.96. The molecule has 0 aromatic rings. The van der Waals surface area contributed by atoms with Gasteiger partial charge in [0.25, 0.3) is 0 Å². The molecule has 1 heterocycles. The molecule has 4 unspecified atom stereocenters. The van der Waals surface area contributed by atoms with Crippen LogP contribution in [0.4, 0.5) is 13.2 Å². The number of imide groups is 1. The van der Waals surface area contributed by atoms with Crippen LogP contribution in [0.15, 0.2) is 17.1 Å². The molecular formula is C19H28F3N5O2. The average molecular weight is 415 g/mol. The average Bonchev–Trinajstić information content (AvgIpc) is 3.31. The summed E-state index contributed by atoms with van der Waals surface area (Å²) in [5.41, 5.74) is 0. The summed E-state index contributed by atoms with van der Waals surface area (Å²) in [7, 11) is 2.98. The second kappa shape index (κ2) is 8.73. The molecule has 3 aliphatic rings. The summed E-state index contributed by atoms with van der Waals surface area (Å²) < 4.78 is 36.9. The minimum atomic E-state index is -4.22. The normalized spacial score (nSPS) is 28.6. The number of hydrogen-bond acceptors (Lipinski definition) is 4. The molecule has 0 spiro atoms. The molecule has 2 bridgehead atoms. The van der Waals surface area contributed by atoms with Gasteiger partial charge in [-0.15, -0.1) is 0 Å². The summed E-state index contributed by atoms with van der Waals surface area (Å²) in [5.74, 6) is 0.455. The number of rotatable bonds is 8. The monoisotopic (exact) mass is 415 g/mol. The summed E-state index contributed by atoms with van der Waals surface area (Å²) in [5, 5.41) is 6.02. The first-order valence-corrected chi connectivity index (χ1v) is 9.94. The van der Waals surface area contributed by atoms with Gasteiger partial charge in [-0.25, -0.2) is 0 Å². The maximum atomic E-state index is 12.6. The van der Waals surface area contributed by atoms with E-state index in [2.05, 4.69) is 27.8 Å². The number of amides is 2. The van der Waals surface area contributed by atoms with Gasteiger partial charge >= 0.3 is 6.18 Å². The lowest BCUT2D eigenvalue weighted by atomic mass is 9.85. The Labute approximate surface area is 168 Å². The molecule has 0 radical (unpaired) electrons. The van der Waals surface area contributed by atoms with E-state index in [9.17, 15) is 22.8 Å². The van der Waals surface area contributed by atoms with Crippen LogP contribution in [0.2, 0.25) is 0 Å². The molecule has 1 saturated carbocycles. The third kappa shape index (κ3) is 4.91. The number of fused-ring (bicyclic) bond motifs is 5. The van der Waals surface area contributed by atoms with Crippen molar-refractivity contribution in [1.82, 2.24) is 20.4 Å². The highest BCUT2D eigenvalue weighted by atomic mass is 19.4. The molecule has 2 fully saturated rings. The summed E-state index contributed by atoms with van der Waals surface area (Å²) in [4.78, 5) is 31.8. The standard InChI is InChI=1S/C19H28F3N5O2/c1-23-18(25-7-9-26(2)11-19(20,21)22)24-6-3-8-27-16(28)14-12-4-5-13(10-12)15(14)17(27)29/h4-5,12-15H,3,6-11H2,1-2H3,(H2,23,24,25).